The lowest BCUT2D eigenvalue weighted by Gasteiger charge is -2.06. The summed E-state index contributed by atoms with van der Waals surface area (Å²) in [4.78, 5) is 3.62. The number of nitrogen functional groups attached to an aromatic ring is 1. The Balaban J connectivity index is 2.18. The SMILES string of the molecule is Nc1ccc2[nH]nc(-c3cccc(C(F)(F)F)n3)c2c1. The minimum Gasteiger partial charge on any atom is -0.399 e. The molecule has 2 aromatic heterocycles. The third-order valence-corrected chi connectivity index (χ3v) is 2.87. The molecule has 0 aliphatic rings. The summed E-state index contributed by atoms with van der Waals surface area (Å²) < 4.78 is 38.0. The van der Waals surface area contributed by atoms with Gasteiger partial charge in [0.25, 0.3) is 0 Å². The Morgan fingerprint density at radius 1 is 1.10 bits per heavy atom. The number of aromatic amines is 1. The van der Waals surface area contributed by atoms with Gasteiger partial charge in [0.2, 0.25) is 0 Å². The zero-order chi connectivity index (χ0) is 14.3. The van der Waals surface area contributed by atoms with Crippen LogP contribution >= 0.6 is 0 Å². The van der Waals surface area contributed by atoms with Crippen LogP contribution in [0.3, 0.4) is 0 Å². The first kappa shape index (κ1) is 12.5. The van der Waals surface area contributed by atoms with Crippen molar-refractivity contribution in [2.24, 2.45) is 0 Å². The number of aromatic nitrogens is 3. The molecule has 20 heavy (non-hydrogen) atoms. The average Bonchev–Trinajstić information content (AvgIpc) is 2.81. The largest absolute Gasteiger partial charge is 0.433 e. The maximum Gasteiger partial charge on any atom is 0.433 e. The van der Waals surface area contributed by atoms with E-state index in [2.05, 4.69) is 15.2 Å². The van der Waals surface area contributed by atoms with Crippen molar-refractivity contribution in [1.82, 2.24) is 15.2 Å². The second kappa shape index (κ2) is 4.22. The number of benzene rings is 1. The van der Waals surface area contributed by atoms with E-state index < -0.39 is 11.9 Å². The number of nitrogens with two attached hydrogens (primary N) is 1. The van der Waals surface area contributed by atoms with Gasteiger partial charge < -0.3 is 5.73 Å². The Morgan fingerprint density at radius 3 is 2.65 bits per heavy atom. The summed E-state index contributed by atoms with van der Waals surface area (Å²) in [6.07, 6.45) is -4.48. The number of nitrogens with zero attached hydrogens (tertiary/aromatic N) is 2. The monoisotopic (exact) mass is 278 g/mol. The maximum atomic E-state index is 12.7. The third-order valence-electron chi connectivity index (χ3n) is 2.87. The predicted octanol–water partition coefficient (Wildman–Crippen LogP) is 3.23. The smallest absolute Gasteiger partial charge is 0.399 e. The van der Waals surface area contributed by atoms with Crippen LogP contribution in [0.25, 0.3) is 22.3 Å². The molecule has 0 spiro atoms. The molecule has 1 aromatic carbocycles. The molecule has 0 aliphatic carbocycles. The van der Waals surface area contributed by atoms with Crippen LogP contribution in [0.15, 0.2) is 36.4 Å². The molecule has 0 saturated heterocycles. The van der Waals surface area contributed by atoms with E-state index in [9.17, 15) is 13.2 Å². The number of rotatable bonds is 1. The molecule has 0 aliphatic heterocycles. The van der Waals surface area contributed by atoms with Crippen molar-refractivity contribution in [2.45, 2.75) is 6.18 Å². The fraction of sp³-hybridized carbons (Fsp3) is 0.0769. The van der Waals surface area contributed by atoms with Gasteiger partial charge in [-0.15, -0.1) is 0 Å². The average molecular weight is 278 g/mol. The van der Waals surface area contributed by atoms with Gasteiger partial charge in [0.05, 0.1) is 11.2 Å². The van der Waals surface area contributed by atoms with E-state index in [0.717, 1.165) is 6.07 Å². The molecule has 3 aromatic rings. The summed E-state index contributed by atoms with van der Waals surface area (Å²) in [5, 5.41) is 7.40. The minimum absolute atomic E-state index is 0.150. The highest BCUT2D eigenvalue weighted by atomic mass is 19.4. The normalized spacial score (nSPS) is 11.9. The zero-order valence-electron chi connectivity index (χ0n) is 10.1. The second-order valence-corrected chi connectivity index (χ2v) is 4.28. The van der Waals surface area contributed by atoms with Crippen LogP contribution in [0.1, 0.15) is 5.69 Å². The zero-order valence-corrected chi connectivity index (χ0v) is 10.1. The molecule has 7 heteroatoms. The lowest BCUT2D eigenvalue weighted by molar-refractivity contribution is -0.141. The van der Waals surface area contributed by atoms with E-state index in [4.69, 9.17) is 5.73 Å². The molecular formula is C13H9F3N4. The topological polar surface area (TPSA) is 67.6 Å². The molecule has 4 nitrogen and oxygen atoms in total. The van der Waals surface area contributed by atoms with E-state index in [1.165, 1.54) is 12.1 Å². The standard InChI is InChI=1S/C13H9F3N4/c14-13(15,16)11-3-1-2-10(18-11)12-8-6-7(17)4-5-9(8)19-20-12/h1-6H,17H2,(H,19,20). The number of nitrogens with one attached hydrogen (secondary N) is 1. The van der Waals surface area contributed by atoms with Gasteiger partial charge in [-0.1, -0.05) is 6.07 Å². The Kier molecular flexibility index (Phi) is 2.63. The molecule has 3 N–H and O–H groups in total. The predicted molar refractivity (Wildman–Crippen MR) is 68.7 cm³/mol. The van der Waals surface area contributed by atoms with E-state index in [1.54, 1.807) is 18.2 Å². The molecule has 0 radical (unpaired) electrons. The van der Waals surface area contributed by atoms with Crippen molar-refractivity contribution in [3.05, 3.63) is 42.1 Å². The fourth-order valence-corrected chi connectivity index (χ4v) is 1.95. The van der Waals surface area contributed by atoms with Crippen LogP contribution in [0, 0.1) is 0 Å². The number of H-pyrrole nitrogens is 1. The number of anilines is 1. The van der Waals surface area contributed by atoms with Crippen LogP contribution in [0.2, 0.25) is 0 Å². The summed E-state index contributed by atoms with van der Waals surface area (Å²) in [7, 11) is 0. The van der Waals surface area contributed by atoms with E-state index in [1.807, 2.05) is 0 Å². The second-order valence-electron chi connectivity index (χ2n) is 4.28. The minimum atomic E-state index is -4.48. The lowest BCUT2D eigenvalue weighted by atomic mass is 10.1. The molecule has 0 bridgehead atoms. The highest BCUT2D eigenvalue weighted by Crippen LogP contribution is 2.31. The van der Waals surface area contributed by atoms with Crippen LogP contribution in [-0.4, -0.2) is 15.2 Å². The van der Waals surface area contributed by atoms with E-state index in [0.29, 0.717) is 22.3 Å². The van der Waals surface area contributed by atoms with Gasteiger partial charge in [-0.05, 0) is 30.3 Å². The van der Waals surface area contributed by atoms with Crippen molar-refractivity contribution >= 4 is 16.6 Å². The molecule has 0 amide bonds. The van der Waals surface area contributed by atoms with Gasteiger partial charge >= 0.3 is 6.18 Å². The van der Waals surface area contributed by atoms with E-state index >= 15 is 0 Å². The number of halogens is 3. The quantitative estimate of drug-likeness (QED) is 0.671. The first-order valence-electron chi connectivity index (χ1n) is 5.73. The van der Waals surface area contributed by atoms with Crippen molar-refractivity contribution in [1.29, 1.82) is 0 Å². The van der Waals surface area contributed by atoms with Crippen LogP contribution < -0.4 is 5.73 Å². The van der Waals surface area contributed by atoms with Crippen LogP contribution in [0.5, 0.6) is 0 Å². The summed E-state index contributed by atoms with van der Waals surface area (Å²) in [5.74, 6) is 0. The molecule has 0 saturated carbocycles. The summed E-state index contributed by atoms with van der Waals surface area (Å²) in [5.41, 5.74) is 6.43. The number of alkyl halides is 3. The maximum absolute atomic E-state index is 12.7. The molecule has 102 valence electrons. The third kappa shape index (κ3) is 2.07. The number of hydrogen-bond donors (Lipinski definition) is 2. The fourth-order valence-electron chi connectivity index (χ4n) is 1.95. The van der Waals surface area contributed by atoms with Crippen molar-refractivity contribution in [2.75, 3.05) is 5.73 Å². The summed E-state index contributed by atoms with van der Waals surface area (Å²) in [6.45, 7) is 0. The van der Waals surface area contributed by atoms with Crippen molar-refractivity contribution in [3.63, 3.8) is 0 Å². The molecule has 3 rings (SSSR count). The van der Waals surface area contributed by atoms with Crippen molar-refractivity contribution < 1.29 is 13.2 Å². The van der Waals surface area contributed by atoms with Gasteiger partial charge in [0, 0.05) is 11.1 Å². The molecule has 2 heterocycles. The summed E-state index contributed by atoms with van der Waals surface area (Å²) >= 11 is 0. The van der Waals surface area contributed by atoms with Crippen LogP contribution in [-0.2, 0) is 6.18 Å². The highest BCUT2D eigenvalue weighted by molar-refractivity contribution is 5.93. The highest BCUT2D eigenvalue weighted by Gasteiger charge is 2.32. The summed E-state index contributed by atoms with van der Waals surface area (Å²) in [6, 6.07) is 8.76. The first-order chi connectivity index (χ1) is 9.45. The van der Waals surface area contributed by atoms with Gasteiger partial charge in [0.1, 0.15) is 11.4 Å². The van der Waals surface area contributed by atoms with Gasteiger partial charge in [-0.2, -0.15) is 18.3 Å². The molecule has 0 fully saturated rings. The van der Waals surface area contributed by atoms with Gasteiger partial charge in [0.15, 0.2) is 0 Å². The Bertz CT molecular complexity index is 777. The Morgan fingerprint density at radius 2 is 1.90 bits per heavy atom. The van der Waals surface area contributed by atoms with Gasteiger partial charge in [-0.25, -0.2) is 4.98 Å². The lowest BCUT2D eigenvalue weighted by Crippen LogP contribution is -2.08. The van der Waals surface area contributed by atoms with Crippen molar-refractivity contribution in [3.8, 4) is 11.4 Å². The molecular weight excluding hydrogens is 269 g/mol. The molecule has 0 unspecified atom stereocenters. The molecule has 0 atom stereocenters. The Hall–Kier alpha value is -2.57. The number of hydrogen-bond acceptors (Lipinski definition) is 3. The van der Waals surface area contributed by atoms with E-state index in [-0.39, 0.29) is 5.69 Å². The van der Waals surface area contributed by atoms with Gasteiger partial charge in [-0.3, -0.25) is 5.10 Å². The van der Waals surface area contributed by atoms with Crippen LogP contribution in [0.4, 0.5) is 18.9 Å². The first-order valence-corrected chi connectivity index (χ1v) is 5.73. The number of pyridine rings is 1. The number of fused-ring (bicyclic) bond motifs is 1. The Labute approximate surface area is 111 Å².